The van der Waals surface area contributed by atoms with E-state index in [-0.39, 0.29) is 17.2 Å². The Balaban J connectivity index is 2.04. The first-order chi connectivity index (χ1) is 8.03. The third-order valence-electron chi connectivity index (χ3n) is 4.72. The Morgan fingerprint density at radius 1 is 1.47 bits per heavy atom. The summed E-state index contributed by atoms with van der Waals surface area (Å²) in [6, 6.07) is 0.189. The molecule has 1 saturated heterocycles. The molecule has 3 N–H and O–H groups in total. The Labute approximate surface area is 104 Å². The van der Waals surface area contributed by atoms with Gasteiger partial charge in [0.05, 0.1) is 17.2 Å². The van der Waals surface area contributed by atoms with E-state index < -0.39 is 0 Å². The lowest BCUT2D eigenvalue weighted by Gasteiger charge is -2.50. The Kier molecular flexibility index (Phi) is 3.78. The van der Waals surface area contributed by atoms with Crippen molar-refractivity contribution in [2.75, 3.05) is 13.7 Å². The van der Waals surface area contributed by atoms with Crippen LogP contribution in [0.2, 0.25) is 0 Å². The van der Waals surface area contributed by atoms with Gasteiger partial charge in [0, 0.05) is 13.7 Å². The highest BCUT2D eigenvalue weighted by molar-refractivity contribution is 4.99. The van der Waals surface area contributed by atoms with Crippen molar-refractivity contribution in [1.82, 2.24) is 5.43 Å². The highest BCUT2D eigenvalue weighted by atomic mass is 16.5. The third kappa shape index (κ3) is 2.50. The van der Waals surface area contributed by atoms with Gasteiger partial charge in [0.15, 0.2) is 0 Å². The van der Waals surface area contributed by atoms with E-state index in [1.807, 2.05) is 0 Å². The van der Waals surface area contributed by atoms with Crippen LogP contribution in [0.5, 0.6) is 0 Å². The second kappa shape index (κ2) is 4.84. The minimum atomic E-state index is -0.234. The van der Waals surface area contributed by atoms with E-state index >= 15 is 0 Å². The average molecular weight is 242 g/mol. The lowest BCUT2D eigenvalue weighted by Crippen LogP contribution is -2.59. The number of hydrazine groups is 1. The molecule has 100 valence electrons. The second-order valence-electron chi connectivity index (χ2n) is 6.09. The lowest BCUT2D eigenvalue weighted by atomic mass is 9.68. The molecule has 1 aliphatic heterocycles. The molecule has 0 aromatic heterocycles. The molecule has 0 aromatic rings. The number of nitrogens with one attached hydrogen (secondary N) is 1. The van der Waals surface area contributed by atoms with E-state index in [2.05, 4.69) is 19.3 Å². The lowest BCUT2D eigenvalue weighted by molar-refractivity contribution is -0.157. The van der Waals surface area contributed by atoms with E-state index in [9.17, 15) is 0 Å². The molecule has 0 amide bonds. The molecule has 0 bridgehead atoms. The maximum Gasteiger partial charge on any atom is 0.0791 e. The van der Waals surface area contributed by atoms with Crippen LogP contribution in [0.4, 0.5) is 0 Å². The number of hydrogen-bond donors (Lipinski definition) is 2. The van der Waals surface area contributed by atoms with Crippen LogP contribution < -0.4 is 11.3 Å². The molecule has 0 aromatic carbocycles. The summed E-state index contributed by atoms with van der Waals surface area (Å²) in [6.45, 7) is 5.06. The molecule has 17 heavy (non-hydrogen) atoms. The van der Waals surface area contributed by atoms with Crippen molar-refractivity contribution in [3.63, 3.8) is 0 Å². The van der Waals surface area contributed by atoms with Crippen LogP contribution >= 0.6 is 0 Å². The van der Waals surface area contributed by atoms with Gasteiger partial charge in [-0.15, -0.1) is 0 Å². The van der Waals surface area contributed by atoms with Crippen LogP contribution in [0.25, 0.3) is 0 Å². The molecular weight excluding hydrogens is 216 g/mol. The summed E-state index contributed by atoms with van der Waals surface area (Å²) in [4.78, 5) is 0. The predicted molar refractivity (Wildman–Crippen MR) is 67.5 cm³/mol. The van der Waals surface area contributed by atoms with Crippen molar-refractivity contribution in [3.8, 4) is 0 Å². The largest absolute Gasteiger partial charge is 0.377 e. The molecule has 2 fully saturated rings. The van der Waals surface area contributed by atoms with Crippen LogP contribution in [0.1, 0.15) is 46.0 Å². The van der Waals surface area contributed by atoms with Crippen molar-refractivity contribution in [2.24, 2.45) is 11.8 Å². The molecule has 1 spiro atoms. The number of nitrogens with two attached hydrogens (primary N) is 1. The molecule has 1 aliphatic carbocycles. The number of hydrogen-bond acceptors (Lipinski definition) is 4. The minimum absolute atomic E-state index is 0.168. The van der Waals surface area contributed by atoms with E-state index in [1.54, 1.807) is 7.11 Å². The number of rotatable bonds is 4. The predicted octanol–water partition coefficient (Wildman–Crippen LogP) is 1.59. The molecule has 1 saturated carbocycles. The van der Waals surface area contributed by atoms with Crippen LogP contribution in [-0.4, -0.2) is 31.0 Å². The van der Waals surface area contributed by atoms with Gasteiger partial charge in [0.1, 0.15) is 0 Å². The normalized spacial score (nSPS) is 30.0. The zero-order valence-electron chi connectivity index (χ0n) is 11.3. The maximum atomic E-state index is 5.96. The Morgan fingerprint density at radius 3 is 2.65 bits per heavy atom. The fraction of sp³-hybridized carbons (Fsp3) is 1.00. The SMILES string of the molecule is COC(C)(C)C(NN)C1CCOC2(CCC2)C1. The summed E-state index contributed by atoms with van der Waals surface area (Å²) in [6.07, 6.45) is 5.93. The standard InChI is InChI=1S/C13H26N2O2/c1-12(2,16-3)11(15-14)10-5-8-17-13(9-10)6-4-7-13/h10-11,15H,4-9,14H2,1-3H3. The van der Waals surface area contributed by atoms with Crippen molar-refractivity contribution >= 4 is 0 Å². The molecule has 4 nitrogen and oxygen atoms in total. The molecule has 2 rings (SSSR count). The highest BCUT2D eigenvalue weighted by Gasteiger charge is 2.46. The van der Waals surface area contributed by atoms with Gasteiger partial charge in [-0.05, 0) is 51.9 Å². The van der Waals surface area contributed by atoms with Crippen LogP contribution in [-0.2, 0) is 9.47 Å². The first kappa shape index (κ1) is 13.3. The summed E-state index contributed by atoms with van der Waals surface area (Å²) < 4.78 is 11.5. The van der Waals surface area contributed by atoms with Crippen molar-refractivity contribution in [1.29, 1.82) is 0 Å². The first-order valence-electron chi connectivity index (χ1n) is 6.68. The Morgan fingerprint density at radius 2 is 2.18 bits per heavy atom. The number of ether oxygens (including phenoxy) is 2. The van der Waals surface area contributed by atoms with Crippen LogP contribution in [0, 0.1) is 5.92 Å². The molecular formula is C13H26N2O2. The van der Waals surface area contributed by atoms with Crippen molar-refractivity contribution in [3.05, 3.63) is 0 Å². The zero-order chi connectivity index (χ0) is 12.5. The van der Waals surface area contributed by atoms with E-state index in [0.717, 1.165) is 19.4 Å². The molecule has 1 heterocycles. The van der Waals surface area contributed by atoms with Gasteiger partial charge in [-0.2, -0.15) is 0 Å². The Hall–Kier alpha value is -0.160. The monoisotopic (exact) mass is 242 g/mol. The van der Waals surface area contributed by atoms with Gasteiger partial charge in [-0.1, -0.05) is 0 Å². The topological polar surface area (TPSA) is 56.5 Å². The molecule has 2 unspecified atom stereocenters. The van der Waals surface area contributed by atoms with Crippen LogP contribution in [0.3, 0.4) is 0 Å². The van der Waals surface area contributed by atoms with Gasteiger partial charge in [0.25, 0.3) is 0 Å². The summed E-state index contributed by atoms with van der Waals surface area (Å²) in [5.74, 6) is 6.29. The van der Waals surface area contributed by atoms with Gasteiger partial charge in [0.2, 0.25) is 0 Å². The second-order valence-corrected chi connectivity index (χ2v) is 6.09. The third-order valence-corrected chi connectivity index (χ3v) is 4.72. The minimum Gasteiger partial charge on any atom is -0.377 e. The Bertz CT molecular complexity index is 264. The smallest absolute Gasteiger partial charge is 0.0791 e. The maximum absolute atomic E-state index is 5.96. The fourth-order valence-corrected chi connectivity index (χ4v) is 3.30. The average Bonchev–Trinajstić information content (AvgIpc) is 2.28. The zero-order valence-corrected chi connectivity index (χ0v) is 11.3. The summed E-state index contributed by atoms with van der Waals surface area (Å²) in [5.41, 5.74) is 2.90. The molecule has 4 heteroatoms. The van der Waals surface area contributed by atoms with Gasteiger partial charge in [-0.25, -0.2) is 0 Å². The fourth-order valence-electron chi connectivity index (χ4n) is 3.30. The van der Waals surface area contributed by atoms with Gasteiger partial charge in [-0.3, -0.25) is 11.3 Å². The molecule has 2 atom stereocenters. The van der Waals surface area contributed by atoms with Crippen molar-refractivity contribution < 1.29 is 9.47 Å². The summed E-state index contributed by atoms with van der Waals surface area (Å²) in [5, 5.41) is 0. The van der Waals surface area contributed by atoms with Gasteiger partial charge < -0.3 is 9.47 Å². The highest BCUT2D eigenvalue weighted by Crippen LogP contribution is 2.46. The van der Waals surface area contributed by atoms with Gasteiger partial charge >= 0.3 is 0 Å². The van der Waals surface area contributed by atoms with Crippen molar-refractivity contribution in [2.45, 2.75) is 63.2 Å². The number of methoxy groups -OCH3 is 1. The summed E-state index contributed by atoms with van der Waals surface area (Å²) >= 11 is 0. The van der Waals surface area contributed by atoms with E-state index in [1.165, 1.54) is 19.3 Å². The quantitative estimate of drug-likeness (QED) is 0.580. The van der Waals surface area contributed by atoms with Crippen LogP contribution in [0.15, 0.2) is 0 Å². The molecule has 2 aliphatic rings. The van der Waals surface area contributed by atoms with E-state index in [4.69, 9.17) is 15.3 Å². The summed E-state index contributed by atoms with van der Waals surface area (Å²) in [7, 11) is 1.75. The molecule has 0 radical (unpaired) electrons. The van der Waals surface area contributed by atoms with E-state index in [0.29, 0.717) is 5.92 Å². The first-order valence-corrected chi connectivity index (χ1v) is 6.68.